The normalized spacial score (nSPS) is 12.2. The monoisotopic (exact) mass is 259 g/mol. The van der Waals surface area contributed by atoms with Crippen LogP contribution in [0.3, 0.4) is 0 Å². The second kappa shape index (κ2) is 4.44. The first kappa shape index (κ1) is 13.6. The fourth-order valence-corrected chi connectivity index (χ4v) is 1.77. The van der Waals surface area contributed by atoms with Gasteiger partial charge in [0.05, 0.1) is 11.9 Å². The molecule has 96 valence electrons. The van der Waals surface area contributed by atoms with E-state index in [0.29, 0.717) is 11.4 Å². The van der Waals surface area contributed by atoms with Gasteiger partial charge in [0.25, 0.3) is 0 Å². The summed E-state index contributed by atoms with van der Waals surface area (Å²) >= 11 is 0. The van der Waals surface area contributed by atoms with Gasteiger partial charge in [0.15, 0.2) is 11.5 Å². The van der Waals surface area contributed by atoms with Crippen LogP contribution in [0.15, 0.2) is 18.2 Å². The number of hydrogen-bond donors (Lipinski definition) is 2. The number of sulfonamides is 1. The van der Waals surface area contributed by atoms with Crippen LogP contribution in [-0.4, -0.2) is 25.4 Å². The molecule has 0 bridgehead atoms. The molecule has 0 radical (unpaired) electrons. The lowest BCUT2D eigenvalue weighted by Gasteiger charge is -2.22. The van der Waals surface area contributed by atoms with Crippen LogP contribution in [0, 0.1) is 0 Å². The zero-order valence-corrected chi connectivity index (χ0v) is 11.1. The molecule has 0 saturated carbocycles. The molecule has 0 atom stereocenters. The highest BCUT2D eigenvalue weighted by molar-refractivity contribution is 7.92. The average molecular weight is 259 g/mol. The highest BCUT2D eigenvalue weighted by Gasteiger charge is 2.15. The van der Waals surface area contributed by atoms with Gasteiger partial charge >= 0.3 is 0 Å². The maximum atomic E-state index is 11.0. The zero-order valence-electron chi connectivity index (χ0n) is 10.3. The standard InChI is InChI=1S/C11H17NO4S/c1-11(2,3)16-10-6-5-8(7-9(10)13)12-17(4,14)15/h5-7,12-13H,1-4H3. The molecule has 17 heavy (non-hydrogen) atoms. The van der Waals surface area contributed by atoms with E-state index in [1.807, 2.05) is 20.8 Å². The summed E-state index contributed by atoms with van der Waals surface area (Å²) in [5, 5.41) is 9.69. The molecular weight excluding hydrogens is 242 g/mol. The van der Waals surface area contributed by atoms with Crippen LogP contribution in [0.4, 0.5) is 5.69 Å². The van der Waals surface area contributed by atoms with Crippen molar-refractivity contribution in [2.45, 2.75) is 26.4 Å². The Morgan fingerprint density at radius 1 is 1.29 bits per heavy atom. The molecular formula is C11H17NO4S. The van der Waals surface area contributed by atoms with Crippen molar-refractivity contribution in [3.05, 3.63) is 18.2 Å². The largest absolute Gasteiger partial charge is 0.504 e. The molecule has 0 heterocycles. The summed E-state index contributed by atoms with van der Waals surface area (Å²) in [5.74, 6) is 0.213. The van der Waals surface area contributed by atoms with Crippen molar-refractivity contribution in [3.8, 4) is 11.5 Å². The van der Waals surface area contributed by atoms with E-state index in [-0.39, 0.29) is 5.75 Å². The number of phenolic OH excluding ortho intramolecular Hbond substituents is 1. The number of rotatable bonds is 3. The Bertz CT molecular complexity index is 503. The van der Waals surface area contributed by atoms with Crippen LogP contribution in [0.25, 0.3) is 0 Å². The Kier molecular flexibility index (Phi) is 3.56. The second-order valence-electron chi connectivity index (χ2n) is 4.77. The topological polar surface area (TPSA) is 75.6 Å². The van der Waals surface area contributed by atoms with Crippen LogP contribution in [0.5, 0.6) is 11.5 Å². The highest BCUT2D eigenvalue weighted by atomic mass is 32.2. The lowest BCUT2D eigenvalue weighted by Crippen LogP contribution is -2.23. The van der Waals surface area contributed by atoms with Crippen molar-refractivity contribution in [1.82, 2.24) is 0 Å². The van der Waals surface area contributed by atoms with Crippen LogP contribution in [0.1, 0.15) is 20.8 Å². The quantitative estimate of drug-likeness (QED) is 0.869. The van der Waals surface area contributed by atoms with E-state index < -0.39 is 15.6 Å². The zero-order chi connectivity index (χ0) is 13.3. The van der Waals surface area contributed by atoms with Crippen molar-refractivity contribution in [2.75, 3.05) is 11.0 Å². The van der Waals surface area contributed by atoms with Gasteiger partial charge < -0.3 is 9.84 Å². The molecule has 5 nitrogen and oxygen atoms in total. The summed E-state index contributed by atoms with van der Waals surface area (Å²) in [7, 11) is -3.34. The van der Waals surface area contributed by atoms with E-state index in [1.165, 1.54) is 18.2 Å². The Labute approximate surface area is 101 Å². The third-order valence-electron chi connectivity index (χ3n) is 1.68. The minimum absolute atomic E-state index is 0.103. The second-order valence-corrected chi connectivity index (χ2v) is 6.52. The van der Waals surface area contributed by atoms with Crippen molar-refractivity contribution in [2.24, 2.45) is 0 Å². The Hall–Kier alpha value is -1.43. The van der Waals surface area contributed by atoms with E-state index in [0.717, 1.165) is 6.26 Å². The molecule has 0 aliphatic rings. The number of anilines is 1. The Morgan fingerprint density at radius 3 is 2.29 bits per heavy atom. The molecule has 0 saturated heterocycles. The number of phenols is 1. The average Bonchev–Trinajstić information content (AvgIpc) is 2.05. The third kappa shape index (κ3) is 4.95. The summed E-state index contributed by atoms with van der Waals surface area (Å²) in [5.41, 5.74) is -0.130. The molecule has 2 N–H and O–H groups in total. The van der Waals surface area contributed by atoms with E-state index >= 15 is 0 Å². The van der Waals surface area contributed by atoms with E-state index in [1.54, 1.807) is 0 Å². The van der Waals surface area contributed by atoms with Crippen molar-refractivity contribution in [1.29, 1.82) is 0 Å². The van der Waals surface area contributed by atoms with Crippen LogP contribution in [-0.2, 0) is 10.0 Å². The number of ether oxygens (including phenoxy) is 1. The lowest BCUT2D eigenvalue weighted by atomic mass is 10.2. The number of nitrogens with one attached hydrogen (secondary N) is 1. The van der Waals surface area contributed by atoms with Gasteiger partial charge in [-0.2, -0.15) is 0 Å². The molecule has 1 rings (SSSR count). The van der Waals surface area contributed by atoms with Gasteiger partial charge in [0.2, 0.25) is 10.0 Å². The van der Waals surface area contributed by atoms with Gasteiger partial charge in [-0.3, -0.25) is 4.72 Å². The fourth-order valence-electron chi connectivity index (χ4n) is 1.21. The van der Waals surface area contributed by atoms with Gasteiger partial charge in [-0.15, -0.1) is 0 Å². The molecule has 0 amide bonds. The van der Waals surface area contributed by atoms with Crippen molar-refractivity contribution in [3.63, 3.8) is 0 Å². The first-order chi connectivity index (χ1) is 7.57. The van der Waals surface area contributed by atoms with Gasteiger partial charge in [-0.25, -0.2) is 8.42 Å². The molecule has 6 heteroatoms. The molecule has 0 aromatic heterocycles. The molecule has 0 spiro atoms. The number of benzene rings is 1. The SMILES string of the molecule is CC(C)(C)Oc1ccc(NS(C)(=O)=O)cc1O. The molecule has 0 aliphatic carbocycles. The number of aromatic hydroxyl groups is 1. The first-order valence-electron chi connectivity index (χ1n) is 5.07. The van der Waals surface area contributed by atoms with Crippen LogP contribution in [0.2, 0.25) is 0 Å². The van der Waals surface area contributed by atoms with Gasteiger partial charge in [0.1, 0.15) is 5.60 Å². The molecule has 0 unspecified atom stereocenters. The van der Waals surface area contributed by atoms with E-state index in [4.69, 9.17) is 4.74 Å². The Morgan fingerprint density at radius 2 is 1.88 bits per heavy atom. The summed E-state index contributed by atoms with van der Waals surface area (Å²) in [6.07, 6.45) is 1.05. The summed E-state index contributed by atoms with van der Waals surface area (Å²) in [6.45, 7) is 5.57. The molecule has 1 aromatic carbocycles. The number of hydrogen-bond acceptors (Lipinski definition) is 4. The molecule has 0 fully saturated rings. The predicted octanol–water partition coefficient (Wildman–Crippen LogP) is 1.94. The summed E-state index contributed by atoms with van der Waals surface area (Å²) < 4.78 is 29.8. The highest BCUT2D eigenvalue weighted by Crippen LogP contribution is 2.31. The molecule has 0 aliphatic heterocycles. The minimum Gasteiger partial charge on any atom is -0.504 e. The van der Waals surface area contributed by atoms with Crippen molar-refractivity contribution < 1.29 is 18.3 Å². The van der Waals surface area contributed by atoms with Gasteiger partial charge in [-0.05, 0) is 32.9 Å². The van der Waals surface area contributed by atoms with Gasteiger partial charge in [-0.1, -0.05) is 0 Å². The van der Waals surface area contributed by atoms with Crippen LogP contribution < -0.4 is 9.46 Å². The maximum absolute atomic E-state index is 11.0. The summed E-state index contributed by atoms with van der Waals surface area (Å²) in [6, 6.07) is 4.36. The van der Waals surface area contributed by atoms with Crippen molar-refractivity contribution >= 4 is 15.7 Å². The molecule has 1 aromatic rings. The smallest absolute Gasteiger partial charge is 0.229 e. The lowest BCUT2D eigenvalue weighted by molar-refractivity contribution is 0.126. The van der Waals surface area contributed by atoms with E-state index in [2.05, 4.69) is 4.72 Å². The van der Waals surface area contributed by atoms with Gasteiger partial charge in [0, 0.05) is 6.07 Å². The maximum Gasteiger partial charge on any atom is 0.229 e. The van der Waals surface area contributed by atoms with Crippen LogP contribution >= 0.6 is 0 Å². The first-order valence-corrected chi connectivity index (χ1v) is 6.96. The minimum atomic E-state index is -3.34. The Balaban J connectivity index is 2.94. The fraction of sp³-hybridized carbons (Fsp3) is 0.455. The third-order valence-corrected chi connectivity index (χ3v) is 2.28. The predicted molar refractivity (Wildman–Crippen MR) is 67.0 cm³/mol. The summed E-state index contributed by atoms with van der Waals surface area (Å²) in [4.78, 5) is 0. The van der Waals surface area contributed by atoms with E-state index in [9.17, 15) is 13.5 Å².